The van der Waals surface area contributed by atoms with Gasteiger partial charge in [-0.15, -0.1) is 0 Å². The van der Waals surface area contributed by atoms with E-state index >= 15 is 0 Å². The third-order valence-corrected chi connectivity index (χ3v) is 4.74. The largest absolute Gasteiger partial charge is 0.389 e. The number of hydrogen-bond donors (Lipinski definition) is 2. The summed E-state index contributed by atoms with van der Waals surface area (Å²) in [6, 6.07) is 0. The van der Waals surface area contributed by atoms with E-state index in [1.807, 2.05) is 18.7 Å². The predicted octanol–water partition coefficient (Wildman–Crippen LogP) is 2.64. The van der Waals surface area contributed by atoms with Crippen LogP contribution in [-0.4, -0.2) is 28.3 Å². The standard InChI is InChI=1S/C12H27NOS/c1-5-12(14,9-13)7-6-8-15-11(4)10(2)3/h10-11,14H,5-9,13H2,1-4H3. The van der Waals surface area contributed by atoms with Crippen LogP contribution in [-0.2, 0) is 0 Å². The van der Waals surface area contributed by atoms with Crippen molar-refractivity contribution >= 4 is 11.8 Å². The Balaban J connectivity index is 3.62. The molecule has 0 amide bonds. The first-order valence-electron chi connectivity index (χ1n) is 5.99. The van der Waals surface area contributed by atoms with Gasteiger partial charge in [-0.25, -0.2) is 0 Å². The van der Waals surface area contributed by atoms with Gasteiger partial charge in [0.15, 0.2) is 0 Å². The lowest BCUT2D eigenvalue weighted by molar-refractivity contribution is 0.0360. The lowest BCUT2D eigenvalue weighted by Gasteiger charge is -2.25. The Morgan fingerprint density at radius 3 is 2.33 bits per heavy atom. The van der Waals surface area contributed by atoms with E-state index in [0.717, 1.165) is 30.9 Å². The lowest BCUT2D eigenvalue weighted by atomic mass is 9.95. The summed E-state index contributed by atoms with van der Waals surface area (Å²) < 4.78 is 0. The molecule has 0 aliphatic carbocycles. The molecule has 3 heteroatoms. The Kier molecular flexibility index (Phi) is 7.66. The molecule has 0 aromatic rings. The minimum absolute atomic E-state index is 0.383. The van der Waals surface area contributed by atoms with E-state index in [4.69, 9.17) is 5.73 Å². The highest BCUT2D eigenvalue weighted by atomic mass is 32.2. The van der Waals surface area contributed by atoms with Crippen molar-refractivity contribution in [3.63, 3.8) is 0 Å². The fourth-order valence-electron chi connectivity index (χ4n) is 1.29. The van der Waals surface area contributed by atoms with Gasteiger partial charge in [-0.3, -0.25) is 0 Å². The molecule has 3 N–H and O–H groups in total. The highest BCUT2D eigenvalue weighted by Gasteiger charge is 2.21. The monoisotopic (exact) mass is 233 g/mol. The van der Waals surface area contributed by atoms with E-state index in [2.05, 4.69) is 20.8 Å². The smallest absolute Gasteiger partial charge is 0.0767 e. The van der Waals surface area contributed by atoms with Crippen LogP contribution < -0.4 is 5.73 Å². The minimum Gasteiger partial charge on any atom is -0.389 e. The van der Waals surface area contributed by atoms with Gasteiger partial charge in [0, 0.05) is 11.8 Å². The first kappa shape index (κ1) is 15.3. The van der Waals surface area contributed by atoms with Crippen molar-refractivity contribution in [1.82, 2.24) is 0 Å². The summed E-state index contributed by atoms with van der Waals surface area (Å²) in [5, 5.41) is 10.7. The molecule has 15 heavy (non-hydrogen) atoms. The van der Waals surface area contributed by atoms with Crippen molar-refractivity contribution in [2.24, 2.45) is 11.7 Å². The highest BCUT2D eigenvalue weighted by Crippen LogP contribution is 2.22. The van der Waals surface area contributed by atoms with E-state index in [1.165, 1.54) is 0 Å². The van der Waals surface area contributed by atoms with Crippen LogP contribution in [0.2, 0.25) is 0 Å². The van der Waals surface area contributed by atoms with Crippen LogP contribution in [0.4, 0.5) is 0 Å². The maximum atomic E-state index is 9.97. The maximum absolute atomic E-state index is 9.97. The summed E-state index contributed by atoms with van der Waals surface area (Å²) in [4.78, 5) is 0. The Morgan fingerprint density at radius 1 is 1.33 bits per heavy atom. The first-order valence-corrected chi connectivity index (χ1v) is 7.04. The molecule has 0 aromatic carbocycles. The number of thioether (sulfide) groups is 1. The highest BCUT2D eigenvalue weighted by molar-refractivity contribution is 7.99. The van der Waals surface area contributed by atoms with Crippen molar-refractivity contribution in [2.75, 3.05) is 12.3 Å². The molecule has 0 spiro atoms. The zero-order chi connectivity index (χ0) is 11.9. The van der Waals surface area contributed by atoms with Crippen LogP contribution in [0.3, 0.4) is 0 Å². The summed E-state index contributed by atoms with van der Waals surface area (Å²) in [7, 11) is 0. The van der Waals surface area contributed by atoms with Crippen LogP contribution in [0.15, 0.2) is 0 Å². The van der Waals surface area contributed by atoms with Crippen LogP contribution in [0.25, 0.3) is 0 Å². The van der Waals surface area contributed by atoms with Gasteiger partial charge in [0.25, 0.3) is 0 Å². The van der Waals surface area contributed by atoms with Gasteiger partial charge in [0.1, 0.15) is 0 Å². The Morgan fingerprint density at radius 2 is 1.93 bits per heavy atom. The van der Waals surface area contributed by atoms with Crippen LogP contribution in [0, 0.1) is 5.92 Å². The Labute approximate surface area is 99.0 Å². The number of rotatable bonds is 8. The molecule has 0 aliphatic rings. The first-order chi connectivity index (χ1) is 6.95. The fourth-order valence-corrected chi connectivity index (χ4v) is 2.35. The molecule has 0 saturated heterocycles. The second-order valence-electron chi connectivity index (χ2n) is 4.71. The summed E-state index contributed by atoms with van der Waals surface area (Å²) >= 11 is 1.99. The van der Waals surface area contributed by atoms with E-state index in [1.54, 1.807) is 0 Å². The second kappa shape index (κ2) is 7.53. The normalized spacial score (nSPS) is 17.8. The van der Waals surface area contributed by atoms with Crippen molar-refractivity contribution in [3.05, 3.63) is 0 Å². The second-order valence-corrected chi connectivity index (χ2v) is 6.19. The van der Waals surface area contributed by atoms with Gasteiger partial charge in [0.2, 0.25) is 0 Å². The van der Waals surface area contributed by atoms with Crippen molar-refractivity contribution in [3.8, 4) is 0 Å². The van der Waals surface area contributed by atoms with Crippen molar-refractivity contribution < 1.29 is 5.11 Å². The quantitative estimate of drug-likeness (QED) is 0.634. The van der Waals surface area contributed by atoms with Gasteiger partial charge in [0.05, 0.1) is 5.60 Å². The molecule has 0 bridgehead atoms. The summed E-state index contributed by atoms with van der Waals surface area (Å²) in [6.07, 6.45) is 2.65. The summed E-state index contributed by atoms with van der Waals surface area (Å²) in [6.45, 7) is 9.15. The molecule has 0 heterocycles. The van der Waals surface area contributed by atoms with Gasteiger partial charge in [-0.1, -0.05) is 27.7 Å². The van der Waals surface area contributed by atoms with E-state index in [-0.39, 0.29) is 0 Å². The van der Waals surface area contributed by atoms with Crippen LogP contribution >= 0.6 is 11.8 Å². The molecule has 0 aliphatic heterocycles. The number of aliphatic hydroxyl groups is 1. The van der Waals surface area contributed by atoms with E-state index < -0.39 is 5.60 Å². The number of nitrogens with two attached hydrogens (primary N) is 1. The van der Waals surface area contributed by atoms with Gasteiger partial charge < -0.3 is 10.8 Å². The van der Waals surface area contributed by atoms with Gasteiger partial charge in [-0.05, 0) is 30.9 Å². The average molecular weight is 233 g/mol. The zero-order valence-electron chi connectivity index (χ0n) is 10.6. The molecule has 0 saturated carbocycles. The third kappa shape index (κ3) is 6.44. The molecule has 0 rings (SSSR count). The molecule has 92 valence electrons. The topological polar surface area (TPSA) is 46.2 Å². The molecule has 2 atom stereocenters. The van der Waals surface area contributed by atoms with Crippen LogP contribution in [0.1, 0.15) is 47.0 Å². The molecule has 0 aromatic heterocycles. The molecule has 0 fully saturated rings. The fraction of sp³-hybridized carbons (Fsp3) is 1.00. The maximum Gasteiger partial charge on any atom is 0.0767 e. The average Bonchev–Trinajstić information content (AvgIpc) is 2.23. The molecule has 0 radical (unpaired) electrons. The summed E-state index contributed by atoms with van der Waals surface area (Å²) in [5.41, 5.74) is 4.93. The van der Waals surface area contributed by atoms with Crippen molar-refractivity contribution in [2.45, 2.75) is 57.8 Å². The summed E-state index contributed by atoms with van der Waals surface area (Å²) in [5.74, 6) is 1.86. The molecule has 2 unspecified atom stereocenters. The SMILES string of the molecule is CCC(O)(CN)CCCSC(C)C(C)C. The zero-order valence-corrected chi connectivity index (χ0v) is 11.4. The van der Waals surface area contributed by atoms with E-state index in [9.17, 15) is 5.11 Å². The Bertz CT molecular complexity index is 158. The molecule has 2 nitrogen and oxygen atoms in total. The predicted molar refractivity (Wildman–Crippen MR) is 70.3 cm³/mol. The third-order valence-electron chi connectivity index (χ3n) is 3.14. The molecular formula is C12H27NOS. The molecular weight excluding hydrogens is 206 g/mol. The van der Waals surface area contributed by atoms with Crippen molar-refractivity contribution in [1.29, 1.82) is 0 Å². The Hall–Kier alpha value is 0.270. The minimum atomic E-state index is -0.623. The van der Waals surface area contributed by atoms with E-state index in [0.29, 0.717) is 11.8 Å². The number of hydrogen-bond acceptors (Lipinski definition) is 3. The van der Waals surface area contributed by atoms with Gasteiger partial charge in [-0.2, -0.15) is 11.8 Å². The van der Waals surface area contributed by atoms with Gasteiger partial charge >= 0.3 is 0 Å². The van der Waals surface area contributed by atoms with Crippen LogP contribution in [0.5, 0.6) is 0 Å². The lowest BCUT2D eigenvalue weighted by Crippen LogP contribution is -2.37.